The van der Waals surface area contributed by atoms with Crippen molar-refractivity contribution < 1.29 is 5.11 Å². The molecule has 0 heterocycles. The van der Waals surface area contributed by atoms with Crippen LogP contribution in [0.25, 0.3) is 0 Å². The first-order valence-corrected chi connectivity index (χ1v) is 9.70. The number of rotatable bonds is 12. The Labute approximate surface area is 144 Å². The van der Waals surface area contributed by atoms with Gasteiger partial charge >= 0.3 is 0 Å². The first-order chi connectivity index (χ1) is 10.3. The maximum Gasteiger partial charge on any atom is 0.0864 e. The van der Waals surface area contributed by atoms with Crippen LogP contribution in [0.4, 0.5) is 0 Å². The van der Waals surface area contributed by atoms with E-state index in [9.17, 15) is 5.11 Å². The topological polar surface area (TPSA) is 20.2 Å². The van der Waals surface area contributed by atoms with Crippen LogP contribution >= 0.6 is 11.6 Å². The lowest BCUT2D eigenvalue weighted by Gasteiger charge is -2.21. The highest BCUT2D eigenvalue weighted by Gasteiger charge is 2.15. The van der Waals surface area contributed by atoms with Gasteiger partial charge in [-0.2, -0.15) is 0 Å². The molecule has 4 atom stereocenters. The van der Waals surface area contributed by atoms with Crippen molar-refractivity contribution in [2.24, 2.45) is 23.7 Å². The molecule has 0 saturated heterocycles. The van der Waals surface area contributed by atoms with Gasteiger partial charge in [-0.05, 0) is 37.0 Å². The molecule has 0 fully saturated rings. The summed E-state index contributed by atoms with van der Waals surface area (Å²) in [5, 5.41) is 10.1. The van der Waals surface area contributed by atoms with Crippen molar-refractivity contribution in [2.75, 3.05) is 0 Å². The summed E-state index contributed by atoms with van der Waals surface area (Å²) in [7, 11) is 0. The van der Waals surface area contributed by atoms with E-state index in [1.807, 2.05) is 0 Å². The Morgan fingerprint density at radius 3 is 1.91 bits per heavy atom. The number of allylic oxidation sites excluding steroid dienone is 1. The van der Waals surface area contributed by atoms with Gasteiger partial charge in [-0.3, -0.25) is 0 Å². The second-order valence-electron chi connectivity index (χ2n) is 7.64. The van der Waals surface area contributed by atoms with Gasteiger partial charge in [0, 0.05) is 5.03 Å². The molecule has 0 aromatic heterocycles. The summed E-state index contributed by atoms with van der Waals surface area (Å²) in [6.45, 7) is 13.2. The van der Waals surface area contributed by atoms with Crippen LogP contribution in [0.2, 0.25) is 0 Å². The molecule has 1 N–H and O–H groups in total. The smallest absolute Gasteiger partial charge is 0.0864 e. The molecule has 4 unspecified atom stereocenters. The highest BCUT2D eigenvalue weighted by molar-refractivity contribution is 6.30. The largest absolute Gasteiger partial charge is 0.388 e. The van der Waals surface area contributed by atoms with Crippen LogP contribution in [0, 0.1) is 23.7 Å². The second-order valence-corrected chi connectivity index (χ2v) is 8.08. The van der Waals surface area contributed by atoms with Crippen molar-refractivity contribution in [3.05, 3.63) is 11.1 Å². The Kier molecular flexibility index (Phi) is 12.4. The maximum atomic E-state index is 9.54. The van der Waals surface area contributed by atoms with Gasteiger partial charge in [0.15, 0.2) is 0 Å². The van der Waals surface area contributed by atoms with E-state index in [2.05, 4.69) is 40.7 Å². The Balaban J connectivity index is 4.12. The summed E-state index contributed by atoms with van der Waals surface area (Å²) in [6.07, 6.45) is 10.7. The molecular weight excluding hydrogens is 292 g/mol. The van der Waals surface area contributed by atoms with E-state index in [1.54, 1.807) is 6.92 Å². The third-order valence-corrected chi connectivity index (χ3v) is 5.24. The number of aliphatic hydroxyl groups is 1. The third-order valence-electron chi connectivity index (χ3n) is 4.80. The van der Waals surface area contributed by atoms with E-state index in [1.165, 1.54) is 44.9 Å². The van der Waals surface area contributed by atoms with Crippen LogP contribution in [-0.4, -0.2) is 11.2 Å². The zero-order chi connectivity index (χ0) is 17.1. The van der Waals surface area contributed by atoms with Crippen molar-refractivity contribution in [2.45, 2.75) is 92.6 Å². The van der Waals surface area contributed by atoms with Crippen LogP contribution in [0.15, 0.2) is 11.1 Å². The van der Waals surface area contributed by atoms with E-state index >= 15 is 0 Å². The van der Waals surface area contributed by atoms with Gasteiger partial charge in [0.2, 0.25) is 0 Å². The number of aliphatic hydroxyl groups excluding tert-OH is 1. The minimum absolute atomic E-state index is 0.476. The first kappa shape index (κ1) is 22.0. The molecule has 0 aromatic carbocycles. The zero-order valence-corrected chi connectivity index (χ0v) is 16.5. The summed E-state index contributed by atoms with van der Waals surface area (Å²) < 4.78 is 0. The first-order valence-electron chi connectivity index (χ1n) is 9.33. The molecule has 0 amide bonds. The number of halogens is 1. The van der Waals surface area contributed by atoms with E-state index in [0.29, 0.717) is 16.9 Å². The van der Waals surface area contributed by atoms with E-state index in [0.717, 1.165) is 11.8 Å². The molecule has 2 heteroatoms. The van der Waals surface area contributed by atoms with Gasteiger partial charge in [0.1, 0.15) is 0 Å². The third kappa shape index (κ3) is 10.7. The fourth-order valence-electron chi connectivity index (χ4n) is 3.03. The molecule has 0 bridgehead atoms. The van der Waals surface area contributed by atoms with Crippen LogP contribution < -0.4 is 0 Å². The summed E-state index contributed by atoms with van der Waals surface area (Å²) in [4.78, 5) is 0. The minimum atomic E-state index is -0.541. The Hall–Kier alpha value is -0.0100. The predicted molar refractivity (Wildman–Crippen MR) is 100 cm³/mol. The Morgan fingerprint density at radius 1 is 0.909 bits per heavy atom. The molecule has 0 rings (SSSR count). The summed E-state index contributed by atoms with van der Waals surface area (Å²) in [5.41, 5.74) is 0. The second kappa shape index (κ2) is 12.4. The molecule has 1 nitrogen and oxygen atoms in total. The van der Waals surface area contributed by atoms with Crippen LogP contribution in [0.5, 0.6) is 0 Å². The quantitative estimate of drug-likeness (QED) is 0.418. The van der Waals surface area contributed by atoms with Gasteiger partial charge in [-0.1, -0.05) is 90.8 Å². The van der Waals surface area contributed by atoms with Crippen molar-refractivity contribution in [3.8, 4) is 0 Å². The van der Waals surface area contributed by atoms with Gasteiger partial charge in [0.25, 0.3) is 0 Å². The van der Waals surface area contributed by atoms with E-state index in [4.69, 9.17) is 11.6 Å². The van der Waals surface area contributed by atoms with Gasteiger partial charge in [0.05, 0.1) is 6.10 Å². The van der Waals surface area contributed by atoms with Crippen molar-refractivity contribution in [1.82, 2.24) is 0 Å². The lowest BCUT2D eigenvalue weighted by atomic mass is 9.86. The normalized spacial score (nSPS) is 18.3. The molecular formula is C20H39ClO. The monoisotopic (exact) mass is 330 g/mol. The number of hydrogen-bond donors (Lipinski definition) is 1. The lowest BCUT2D eigenvalue weighted by molar-refractivity contribution is 0.237. The Morgan fingerprint density at radius 2 is 1.45 bits per heavy atom. The number of hydrogen-bond acceptors (Lipinski definition) is 1. The zero-order valence-electron chi connectivity index (χ0n) is 15.7. The molecule has 0 aliphatic carbocycles. The van der Waals surface area contributed by atoms with Crippen molar-refractivity contribution >= 4 is 11.6 Å². The van der Waals surface area contributed by atoms with Gasteiger partial charge in [-0.25, -0.2) is 0 Å². The van der Waals surface area contributed by atoms with Crippen molar-refractivity contribution in [1.29, 1.82) is 0 Å². The summed E-state index contributed by atoms with van der Waals surface area (Å²) >= 11 is 6.13. The van der Waals surface area contributed by atoms with E-state index < -0.39 is 6.10 Å². The highest BCUT2D eigenvalue weighted by atomic mass is 35.5. The molecule has 0 radical (unpaired) electrons. The van der Waals surface area contributed by atoms with Crippen LogP contribution in [0.3, 0.4) is 0 Å². The Bertz CT molecular complexity index is 296. The van der Waals surface area contributed by atoms with Gasteiger partial charge in [-0.15, -0.1) is 0 Å². The molecule has 0 aliphatic heterocycles. The molecule has 0 aliphatic rings. The standard InChI is InChI=1S/C20H39ClO/c1-7-9-16(4)10-8-11-17(5)12-13-19(15(2)3)14-20(21)18(6)22/h14-19,22H,7-13H2,1-6H3/b20-14+. The predicted octanol–water partition coefficient (Wildman–Crippen LogP) is 6.78. The van der Waals surface area contributed by atoms with Crippen LogP contribution in [0.1, 0.15) is 86.5 Å². The van der Waals surface area contributed by atoms with E-state index in [-0.39, 0.29) is 0 Å². The summed E-state index contributed by atoms with van der Waals surface area (Å²) in [6, 6.07) is 0. The molecule has 22 heavy (non-hydrogen) atoms. The average molecular weight is 331 g/mol. The molecule has 0 spiro atoms. The fraction of sp³-hybridized carbons (Fsp3) is 0.900. The SMILES string of the molecule is CCCC(C)CCCC(C)CCC(/C=C(/Cl)C(C)O)C(C)C. The molecule has 132 valence electrons. The van der Waals surface area contributed by atoms with Gasteiger partial charge < -0.3 is 5.11 Å². The van der Waals surface area contributed by atoms with Crippen LogP contribution in [-0.2, 0) is 0 Å². The lowest BCUT2D eigenvalue weighted by Crippen LogP contribution is -2.11. The average Bonchev–Trinajstić information content (AvgIpc) is 2.42. The summed E-state index contributed by atoms with van der Waals surface area (Å²) in [5.74, 6) is 2.72. The molecule has 0 saturated carbocycles. The maximum absolute atomic E-state index is 9.54. The highest BCUT2D eigenvalue weighted by Crippen LogP contribution is 2.27. The minimum Gasteiger partial charge on any atom is -0.388 e. The van der Waals surface area contributed by atoms with Crippen molar-refractivity contribution in [3.63, 3.8) is 0 Å². The molecule has 0 aromatic rings. The fourth-order valence-corrected chi connectivity index (χ4v) is 3.19.